The zero-order valence-corrected chi connectivity index (χ0v) is 10.8. The van der Waals surface area contributed by atoms with Gasteiger partial charge in [0.05, 0.1) is 6.10 Å². The van der Waals surface area contributed by atoms with Crippen LogP contribution in [0.2, 0.25) is 0 Å². The van der Waals surface area contributed by atoms with Crippen LogP contribution in [-0.4, -0.2) is 13.2 Å². The van der Waals surface area contributed by atoms with Crippen LogP contribution in [0, 0.1) is 6.92 Å². The fourth-order valence-electron chi connectivity index (χ4n) is 1.99. The van der Waals surface area contributed by atoms with E-state index in [1.165, 1.54) is 43.2 Å². The molecule has 0 N–H and O–H groups in total. The topological polar surface area (TPSA) is 9.23 Å². The molecule has 90 valence electrons. The average molecular weight is 220 g/mol. The monoisotopic (exact) mass is 220 g/mol. The maximum Gasteiger partial charge on any atom is 0.0571 e. The molecule has 0 aromatic heterocycles. The molecule has 1 heteroatoms. The van der Waals surface area contributed by atoms with Gasteiger partial charge >= 0.3 is 0 Å². The van der Waals surface area contributed by atoms with E-state index < -0.39 is 0 Å². The van der Waals surface area contributed by atoms with Crippen LogP contribution in [0.1, 0.15) is 43.7 Å². The summed E-state index contributed by atoms with van der Waals surface area (Å²) in [6.07, 6.45) is 6.42. The molecule has 0 heterocycles. The van der Waals surface area contributed by atoms with E-state index in [1.807, 2.05) is 7.11 Å². The average Bonchev–Trinajstić information content (AvgIpc) is 2.30. The fraction of sp³-hybridized carbons (Fsp3) is 0.600. The van der Waals surface area contributed by atoms with Gasteiger partial charge in [-0.2, -0.15) is 0 Å². The Hall–Kier alpha value is -0.820. The van der Waals surface area contributed by atoms with Crippen molar-refractivity contribution in [3.8, 4) is 0 Å². The number of ether oxygens (including phenoxy) is 1. The van der Waals surface area contributed by atoms with Gasteiger partial charge in [0.1, 0.15) is 0 Å². The predicted molar refractivity (Wildman–Crippen MR) is 69.8 cm³/mol. The van der Waals surface area contributed by atoms with Crippen LogP contribution in [0.4, 0.5) is 0 Å². The first-order chi connectivity index (χ1) is 7.76. The summed E-state index contributed by atoms with van der Waals surface area (Å²) >= 11 is 0. The summed E-state index contributed by atoms with van der Waals surface area (Å²) in [6.45, 7) is 4.35. The first-order valence-electron chi connectivity index (χ1n) is 6.34. The maximum absolute atomic E-state index is 5.45. The molecule has 0 aliphatic carbocycles. The minimum atomic E-state index is 0.454. The van der Waals surface area contributed by atoms with Crippen LogP contribution in [0.5, 0.6) is 0 Å². The molecule has 1 atom stereocenters. The summed E-state index contributed by atoms with van der Waals surface area (Å²) in [5.74, 6) is 0. The molecule has 0 aliphatic heterocycles. The van der Waals surface area contributed by atoms with Crippen LogP contribution in [0.15, 0.2) is 24.3 Å². The van der Waals surface area contributed by atoms with Crippen molar-refractivity contribution in [1.29, 1.82) is 0 Å². The summed E-state index contributed by atoms with van der Waals surface area (Å²) in [7, 11) is 1.83. The largest absolute Gasteiger partial charge is 0.381 e. The van der Waals surface area contributed by atoms with Crippen molar-refractivity contribution in [3.05, 3.63) is 35.4 Å². The molecular formula is C15H24O. The summed E-state index contributed by atoms with van der Waals surface area (Å²) in [5, 5.41) is 0. The normalized spacial score (nSPS) is 12.7. The van der Waals surface area contributed by atoms with Crippen LogP contribution < -0.4 is 0 Å². The molecule has 0 saturated heterocycles. The molecule has 1 aromatic carbocycles. The minimum Gasteiger partial charge on any atom is -0.381 e. The van der Waals surface area contributed by atoms with Crippen LogP contribution in [0.25, 0.3) is 0 Å². The van der Waals surface area contributed by atoms with Gasteiger partial charge in [0, 0.05) is 7.11 Å². The molecule has 0 amide bonds. The van der Waals surface area contributed by atoms with Gasteiger partial charge in [0.15, 0.2) is 0 Å². The standard InChI is InChI=1S/C15H24O/c1-4-6-15(16-3)8-5-7-14-11-9-13(2)10-12-14/h9-12,15H,4-8H2,1-3H3. The smallest absolute Gasteiger partial charge is 0.0571 e. The number of hydrogen-bond donors (Lipinski definition) is 0. The Balaban J connectivity index is 2.26. The Labute approximate surface area is 99.8 Å². The maximum atomic E-state index is 5.45. The highest BCUT2D eigenvalue weighted by molar-refractivity contribution is 5.21. The Morgan fingerprint density at radius 2 is 1.81 bits per heavy atom. The Bertz CT molecular complexity index is 276. The third-order valence-electron chi connectivity index (χ3n) is 3.06. The molecule has 0 saturated carbocycles. The van der Waals surface area contributed by atoms with Gasteiger partial charge in [0.2, 0.25) is 0 Å². The number of aryl methyl sites for hydroxylation is 2. The van der Waals surface area contributed by atoms with Crippen molar-refractivity contribution in [2.75, 3.05) is 7.11 Å². The Morgan fingerprint density at radius 1 is 1.12 bits per heavy atom. The van der Waals surface area contributed by atoms with Crippen molar-refractivity contribution in [1.82, 2.24) is 0 Å². The van der Waals surface area contributed by atoms with E-state index in [1.54, 1.807) is 0 Å². The molecule has 0 radical (unpaired) electrons. The highest BCUT2D eigenvalue weighted by Crippen LogP contribution is 2.12. The van der Waals surface area contributed by atoms with Crippen molar-refractivity contribution in [2.45, 2.75) is 52.1 Å². The number of benzene rings is 1. The molecule has 16 heavy (non-hydrogen) atoms. The summed E-state index contributed by atoms with van der Waals surface area (Å²) in [6, 6.07) is 8.85. The van der Waals surface area contributed by atoms with Crippen molar-refractivity contribution < 1.29 is 4.74 Å². The molecule has 1 rings (SSSR count). The third-order valence-corrected chi connectivity index (χ3v) is 3.06. The van der Waals surface area contributed by atoms with E-state index in [2.05, 4.69) is 38.1 Å². The van der Waals surface area contributed by atoms with Crippen molar-refractivity contribution in [3.63, 3.8) is 0 Å². The van der Waals surface area contributed by atoms with Crippen molar-refractivity contribution >= 4 is 0 Å². The summed E-state index contributed by atoms with van der Waals surface area (Å²) in [5.41, 5.74) is 2.78. The van der Waals surface area contributed by atoms with Gasteiger partial charge in [-0.25, -0.2) is 0 Å². The minimum absolute atomic E-state index is 0.454. The summed E-state index contributed by atoms with van der Waals surface area (Å²) in [4.78, 5) is 0. The van der Waals surface area contributed by atoms with Gasteiger partial charge in [-0.05, 0) is 38.2 Å². The molecule has 0 fully saturated rings. The Morgan fingerprint density at radius 3 is 2.38 bits per heavy atom. The molecule has 0 bridgehead atoms. The lowest BCUT2D eigenvalue weighted by atomic mass is 10.0. The highest BCUT2D eigenvalue weighted by Gasteiger charge is 2.05. The van der Waals surface area contributed by atoms with E-state index >= 15 is 0 Å². The quantitative estimate of drug-likeness (QED) is 0.671. The Kier molecular flexibility index (Phi) is 6.17. The number of rotatable bonds is 7. The third kappa shape index (κ3) is 4.80. The molecule has 1 unspecified atom stereocenters. The molecule has 0 aliphatic rings. The highest BCUT2D eigenvalue weighted by atomic mass is 16.5. The number of hydrogen-bond acceptors (Lipinski definition) is 1. The van der Waals surface area contributed by atoms with E-state index in [0.717, 1.165) is 0 Å². The summed E-state index contributed by atoms with van der Waals surface area (Å²) < 4.78 is 5.45. The van der Waals surface area contributed by atoms with Crippen LogP contribution in [-0.2, 0) is 11.2 Å². The second-order valence-electron chi connectivity index (χ2n) is 4.52. The van der Waals surface area contributed by atoms with E-state index in [0.29, 0.717) is 6.10 Å². The SMILES string of the molecule is CCCC(CCCc1ccc(C)cc1)OC. The fourth-order valence-corrected chi connectivity index (χ4v) is 1.99. The lowest BCUT2D eigenvalue weighted by Crippen LogP contribution is -2.10. The molecule has 0 spiro atoms. The van der Waals surface area contributed by atoms with Crippen molar-refractivity contribution in [2.24, 2.45) is 0 Å². The first-order valence-corrected chi connectivity index (χ1v) is 6.34. The van der Waals surface area contributed by atoms with E-state index in [4.69, 9.17) is 4.74 Å². The van der Waals surface area contributed by atoms with Gasteiger partial charge in [-0.1, -0.05) is 43.2 Å². The zero-order valence-electron chi connectivity index (χ0n) is 10.8. The van der Waals surface area contributed by atoms with Gasteiger partial charge in [-0.15, -0.1) is 0 Å². The lowest BCUT2D eigenvalue weighted by molar-refractivity contribution is 0.0857. The van der Waals surface area contributed by atoms with Crippen LogP contribution >= 0.6 is 0 Å². The van der Waals surface area contributed by atoms with Gasteiger partial charge in [-0.3, -0.25) is 0 Å². The number of methoxy groups -OCH3 is 1. The predicted octanol–water partition coefficient (Wildman–Crippen LogP) is 4.13. The van der Waals surface area contributed by atoms with Gasteiger partial charge in [0.25, 0.3) is 0 Å². The lowest BCUT2D eigenvalue weighted by Gasteiger charge is -2.13. The van der Waals surface area contributed by atoms with Gasteiger partial charge < -0.3 is 4.74 Å². The molecule has 1 aromatic rings. The van der Waals surface area contributed by atoms with Crippen LogP contribution in [0.3, 0.4) is 0 Å². The zero-order chi connectivity index (χ0) is 11.8. The second kappa shape index (κ2) is 7.45. The molecule has 1 nitrogen and oxygen atoms in total. The van der Waals surface area contributed by atoms with E-state index in [-0.39, 0.29) is 0 Å². The molecular weight excluding hydrogens is 196 g/mol. The second-order valence-corrected chi connectivity index (χ2v) is 4.52. The van der Waals surface area contributed by atoms with E-state index in [9.17, 15) is 0 Å². The first kappa shape index (κ1) is 13.2.